The first kappa shape index (κ1) is 18.3. The number of aromatic nitrogens is 1. The third kappa shape index (κ3) is 3.71. The molecule has 0 spiro atoms. The maximum absolute atomic E-state index is 12.3. The molecule has 9 heteroatoms. The van der Waals surface area contributed by atoms with Gasteiger partial charge in [0.15, 0.2) is 12.4 Å². The summed E-state index contributed by atoms with van der Waals surface area (Å²) in [6, 6.07) is 7.75. The number of hydrogen-bond acceptors (Lipinski definition) is 6. The molecule has 0 atom stereocenters. The van der Waals surface area contributed by atoms with E-state index >= 15 is 0 Å². The lowest BCUT2D eigenvalue weighted by Gasteiger charge is -2.16. The number of pyridine rings is 1. The van der Waals surface area contributed by atoms with Crippen LogP contribution in [0.15, 0.2) is 36.5 Å². The van der Waals surface area contributed by atoms with Gasteiger partial charge in [0, 0.05) is 18.3 Å². The van der Waals surface area contributed by atoms with Gasteiger partial charge in [0.1, 0.15) is 5.15 Å². The molecule has 0 saturated heterocycles. The van der Waals surface area contributed by atoms with Gasteiger partial charge in [-0.1, -0.05) is 11.6 Å². The molecule has 0 fully saturated rings. The number of sulfonamides is 1. The fourth-order valence-electron chi connectivity index (χ4n) is 2.72. The Hall–Kier alpha value is -2.45. The number of rotatable bonds is 5. The summed E-state index contributed by atoms with van der Waals surface area (Å²) in [7, 11) is -3.34. The van der Waals surface area contributed by atoms with Gasteiger partial charge in [0.25, 0.3) is 0 Å². The van der Waals surface area contributed by atoms with Crippen molar-refractivity contribution in [1.29, 1.82) is 0 Å². The molecule has 1 aliphatic heterocycles. The Bertz CT molecular complexity index is 990. The summed E-state index contributed by atoms with van der Waals surface area (Å²) in [5.74, 6) is -1.13. The van der Waals surface area contributed by atoms with Gasteiger partial charge in [-0.2, -0.15) is 0 Å². The highest BCUT2D eigenvalue weighted by Crippen LogP contribution is 2.30. The topological polar surface area (TPSA) is 93.6 Å². The second-order valence-electron chi connectivity index (χ2n) is 5.77. The molecule has 0 aliphatic carbocycles. The second kappa shape index (κ2) is 7.05. The average molecular weight is 395 g/mol. The van der Waals surface area contributed by atoms with Crippen LogP contribution in [0, 0.1) is 0 Å². The van der Waals surface area contributed by atoms with E-state index in [0.29, 0.717) is 24.2 Å². The number of esters is 1. The van der Waals surface area contributed by atoms with E-state index < -0.39 is 22.6 Å². The molecule has 0 unspecified atom stereocenters. The van der Waals surface area contributed by atoms with Crippen LogP contribution in [0.5, 0.6) is 0 Å². The molecule has 2 heterocycles. The number of carbonyl (C=O) groups is 2. The zero-order valence-corrected chi connectivity index (χ0v) is 15.4. The van der Waals surface area contributed by atoms with E-state index in [-0.39, 0.29) is 16.5 Å². The lowest BCUT2D eigenvalue weighted by atomic mass is 10.1. The van der Waals surface area contributed by atoms with Crippen LogP contribution in [-0.2, 0) is 21.2 Å². The van der Waals surface area contributed by atoms with E-state index in [9.17, 15) is 18.0 Å². The van der Waals surface area contributed by atoms with Crippen molar-refractivity contribution in [3.63, 3.8) is 0 Å². The molecule has 136 valence electrons. The molecule has 1 aliphatic rings. The Labute approximate surface area is 155 Å². The quantitative estimate of drug-likeness (QED) is 0.438. The van der Waals surface area contributed by atoms with Gasteiger partial charge in [0.05, 0.1) is 17.5 Å². The molecule has 2 aromatic rings. The maximum atomic E-state index is 12.3. The summed E-state index contributed by atoms with van der Waals surface area (Å²) < 4.78 is 29.8. The Morgan fingerprint density at radius 3 is 2.77 bits per heavy atom. The number of benzene rings is 1. The van der Waals surface area contributed by atoms with Crippen LogP contribution in [0.2, 0.25) is 5.15 Å². The van der Waals surface area contributed by atoms with E-state index in [1.54, 1.807) is 18.2 Å². The minimum atomic E-state index is -3.34. The summed E-state index contributed by atoms with van der Waals surface area (Å²) in [5.41, 5.74) is 1.77. The van der Waals surface area contributed by atoms with Crippen molar-refractivity contribution in [2.45, 2.75) is 6.42 Å². The average Bonchev–Trinajstić information content (AvgIpc) is 3.03. The predicted molar refractivity (Wildman–Crippen MR) is 96.2 cm³/mol. The first-order chi connectivity index (χ1) is 12.3. The third-order valence-corrected chi connectivity index (χ3v) is 5.45. The molecule has 26 heavy (non-hydrogen) atoms. The van der Waals surface area contributed by atoms with Crippen LogP contribution < -0.4 is 4.31 Å². The first-order valence-corrected chi connectivity index (χ1v) is 9.91. The highest BCUT2D eigenvalue weighted by molar-refractivity contribution is 7.92. The van der Waals surface area contributed by atoms with Crippen molar-refractivity contribution in [3.8, 4) is 0 Å². The number of nitrogens with zero attached hydrogens (tertiary/aromatic N) is 2. The Balaban J connectivity index is 1.70. The van der Waals surface area contributed by atoms with Gasteiger partial charge in [-0.3, -0.25) is 9.10 Å². The summed E-state index contributed by atoms with van der Waals surface area (Å²) in [6.07, 6.45) is 3.10. The van der Waals surface area contributed by atoms with Crippen LogP contribution in [0.4, 0.5) is 5.69 Å². The predicted octanol–water partition coefficient (Wildman–Crippen LogP) is 2.10. The minimum Gasteiger partial charge on any atom is -0.454 e. The molecule has 0 bridgehead atoms. The second-order valence-corrected chi connectivity index (χ2v) is 8.03. The normalized spacial score (nSPS) is 13.4. The fraction of sp³-hybridized carbons (Fsp3) is 0.235. The summed E-state index contributed by atoms with van der Waals surface area (Å²) >= 11 is 5.82. The van der Waals surface area contributed by atoms with Gasteiger partial charge < -0.3 is 4.74 Å². The first-order valence-electron chi connectivity index (χ1n) is 7.69. The summed E-state index contributed by atoms with van der Waals surface area (Å²) in [5, 5.41) is 0.00310. The molecule has 0 N–H and O–H groups in total. The highest BCUT2D eigenvalue weighted by Gasteiger charge is 2.27. The summed E-state index contributed by atoms with van der Waals surface area (Å²) in [4.78, 5) is 28.0. The van der Waals surface area contributed by atoms with E-state index in [1.165, 1.54) is 22.6 Å². The lowest BCUT2D eigenvalue weighted by Crippen LogP contribution is -2.27. The van der Waals surface area contributed by atoms with Crippen molar-refractivity contribution in [2.75, 3.05) is 23.7 Å². The van der Waals surface area contributed by atoms with Crippen LogP contribution in [-0.4, -0.2) is 44.6 Å². The van der Waals surface area contributed by atoms with Crippen molar-refractivity contribution in [1.82, 2.24) is 4.98 Å². The minimum absolute atomic E-state index is 0.00310. The van der Waals surface area contributed by atoms with Gasteiger partial charge in [-0.05, 0) is 42.3 Å². The van der Waals surface area contributed by atoms with Crippen molar-refractivity contribution < 1.29 is 22.7 Å². The zero-order valence-electron chi connectivity index (χ0n) is 13.8. The van der Waals surface area contributed by atoms with E-state index in [4.69, 9.17) is 16.3 Å². The number of anilines is 1. The molecule has 7 nitrogen and oxygen atoms in total. The van der Waals surface area contributed by atoms with Gasteiger partial charge >= 0.3 is 5.97 Å². The summed E-state index contributed by atoms with van der Waals surface area (Å²) in [6.45, 7) is -0.0983. The smallest absolute Gasteiger partial charge is 0.341 e. The number of halogens is 1. The molecular formula is C17H15ClN2O5S. The Kier molecular flexibility index (Phi) is 4.97. The maximum Gasteiger partial charge on any atom is 0.341 e. The van der Waals surface area contributed by atoms with Gasteiger partial charge in [-0.25, -0.2) is 18.2 Å². The Morgan fingerprint density at radius 1 is 1.31 bits per heavy atom. The molecule has 3 rings (SSSR count). The lowest BCUT2D eigenvalue weighted by molar-refractivity contribution is 0.0474. The number of hydrogen-bond donors (Lipinski definition) is 0. The van der Waals surface area contributed by atoms with Crippen LogP contribution in [0.25, 0.3) is 0 Å². The van der Waals surface area contributed by atoms with E-state index in [1.807, 2.05) is 0 Å². The molecule has 1 aromatic heterocycles. The highest BCUT2D eigenvalue weighted by atomic mass is 35.5. The number of fused-ring (bicyclic) bond motifs is 1. The SMILES string of the molecule is CS(=O)(=O)N1CCc2cc(C(=O)COC(=O)c3cccnc3Cl)ccc21. The van der Waals surface area contributed by atoms with E-state index in [2.05, 4.69) is 4.98 Å². The number of ketones is 1. The zero-order chi connectivity index (χ0) is 18.9. The largest absolute Gasteiger partial charge is 0.454 e. The van der Waals surface area contributed by atoms with Crippen LogP contribution in [0.3, 0.4) is 0 Å². The third-order valence-electron chi connectivity index (χ3n) is 3.97. The molecular weight excluding hydrogens is 380 g/mol. The number of Topliss-reactive ketones (excluding diaryl/α,β-unsaturated/α-hetero) is 1. The fourth-order valence-corrected chi connectivity index (χ4v) is 3.87. The van der Waals surface area contributed by atoms with Crippen LogP contribution >= 0.6 is 11.6 Å². The van der Waals surface area contributed by atoms with Crippen LogP contribution in [0.1, 0.15) is 26.3 Å². The van der Waals surface area contributed by atoms with Crippen molar-refractivity contribution >= 4 is 39.1 Å². The van der Waals surface area contributed by atoms with Crippen molar-refractivity contribution in [2.24, 2.45) is 0 Å². The monoisotopic (exact) mass is 394 g/mol. The molecule has 0 amide bonds. The molecule has 1 aromatic carbocycles. The van der Waals surface area contributed by atoms with Crippen molar-refractivity contribution in [3.05, 3.63) is 58.4 Å². The Morgan fingerprint density at radius 2 is 2.08 bits per heavy atom. The standard InChI is InChI=1S/C17H15ClN2O5S/c1-26(23,24)20-8-6-11-9-12(4-5-14(11)20)15(21)10-25-17(22)13-3-2-7-19-16(13)18/h2-5,7,9H,6,8,10H2,1H3. The van der Waals surface area contributed by atoms with Gasteiger partial charge in [0.2, 0.25) is 10.0 Å². The molecule has 0 radical (unpaired) electrons. The van der Waals surface area contributed by atoms with Gasteiger partial charge in [-0.15, -0.1) is 0 Å². The number of carbonyl (C=O) groups excluding carboxylic acids is 2. The molecule has 0 saturated carbocycles. The van der Waals surface area contributed by atoms with E-state index in [0.717, 1.165) is 11.8 Å². The number of ether oxygens (including phenoxy) is 1.